The van der Waals surface area contributed by atoms with Gasteiger partial charge in [-0.25, -0.2) is 0 Å². The lowest BCUT2D eigenvalue weighted by Gasteiger charge is -2.05. The molecule has 0 aliphatic heterocycles. The normalized spacial score (nSPS) is 12.6. The highest BCUT2D eigenvalue weighted by molar-refractivity contribution is 5.44. The number of nitrogens with zero attached hydrogens (tertiary/aromatic N) is 2. The van der Waals surface area contributed by atoms with Gasteiger partial charge in [0.1, 0.15) is 5.69 Å². The highest BCUT2D eigenvalue weighted by atomic mass is 16.3. The molecule has 0 saturated carbocycles. The third kappa shape index (κ3) is 1.87. The number of aromatic nitrogens is 3. The van der Waals surface area contributed by atoms with E-state index < -0.39 is 0 Å². The minimum absolute atomic E-state index is 0.248. The number of hydrogen-bond donors (Lipinski definition) is 2. The first-order valence-electron chi connectivity index (χ1n) is 4.98. The molecule has 84 valence electrons. The number of nitrogens with two attached hydrogens (primary N) is 1. The number of aromatic amines is 1. The van der Waals surface area contributed by atoms with Gasteiger partial charge in [-0.15, -0.1) is 10.2 Å². The van der Waals surface area contributed by atoms with Gasteiger partial charge in [-0.05, 0) is 18.6 Å². The van der Waals surface area contributed by atoms with Crippen LogP contribution in [-0.2, 0) is 0 Å². The average molecular weight is 220 g/mol. The Hall–Kier alpha value is -1.95. The van der Waals surface area contributed by atoms with Gasteiger partial charge in [0.15, 0.2) is 11.6 Å². The fraction of sp³-hybridized carbons (Fsp3) is 0.300. The molecule has 0 amide bonds. The van der Waals surface area contributed by atoms with Gasteiger partial charge in [0.2, 0.25) is 0 Å². The molecule has 0 saturated heterocycles. The summed E-state index contributed by atoms with van der Waals surface area (Å²) in [6.07, 6.45) is 2.14. The molecule has 6 heteroatoms. The number of H-pyrrole nitrogens is 1. The molecular formula is C10H12N4O2. The Morgan fingerprint density at radius 1 is 1.56 bits per heavy atom. The molecule has 0 aliphatic rings. The fourth-order valence-electron chi connectivity index (χ4n) is 1.31. The summed E-state index contributed by atoms with van der Waals surface area (Å²) >= 11 is 0. The van der Waals surface area contributed by atoms with E-state index in [2.05, 4.69) is 15.2 Å². The number of hydrogen-bond acceptors (Lipinski definition) is 5. The zero-order valence-electron chi connectivity index (χ0n) is 8.80. The second kappa shape index (κ2) is 4.28. The van der Waals surface area contributed by atoms with Gasteiger partial charge in [0, 0.05) is 0 Å². The van der Waals surface area contributed by atoms with Gasteiger partial charge in [0.25, 0.3) is 5.56 Å². The summed E-state index contributed by atoms with van der Waals surface area (Å²) < 4.78 is 5.10. The smallest absolute Gasteiger partial charge is 0.274 e. The molecule has 0 radical (unpaired) electrons. The third-order valence-electron chi connectivity index (χ3n) is 2.27. The maximum absolute atomic E-state index is 11.7. The monoisotopic (exact) mass is 220 g/mol. The summed E-state index contributed by atoms with van der Waals surface area (Å²) in [6.45, 7) is 1.88. The van der Waals surface area contributed by atoms with Crippen LogP contribution in [0.3, 0.4) is 0 Å². The van der Waals surface area contributed by atoms with Crippen molar-refractivity contribution in [2.24, 2.45) is 5.73 Å². The first-order valence-corrected chi connectivity index (χ1v) is 4.98. The summed E-state index contributed by atoms with van der Waals surface area (Å²) in [4.78, 5) is 14.2. The quantitative estimate of drug-likeness (QED) is 0.798. The van der Waals surface area contributed by atoms with E-state index >= 15 is 0 Å². The Balaban J connectivity index is 2.41. The highest BCUT2D eigenvalue weighted by Gasteiger charge is 2.13. The molecule has 2 rings (SSSR count). The van der Waals surface area contributed by atoms with Crippen LogP contribution in [0.15, 0.2) is 27.6 Å². The van der Waals surface area contributed by atoms with Crippen LogP contribution in [0.5, 0.6) is 0 Å². The van der Waals surface area contributed by atoms with E-state index in [9.17, 15) is 4.79 Å². The number of rotatable bonds is 3. The van der Waals surface area contributed by atoms with Crippen molar-refractivity contribution >= 4 is 0 Å². The molecule has 0 fully saturated rings. The Kier molecular flexibility index (Phi) is 2.82. The molecule has 1 unspecified atom stereocenters. The molecule has 0 bridgehead atoms. The first-order chi connectivity index (χ1) is 7.72. The van der Waals surface area contributed by atoms with Crippen molar-refractivity contribution in [2.75, 3.05) is 0 Å². The van der Waals surface area contributed by atoms with E-state index in [-0.39, 0.29) is 17.3 Å². The Labute approximate surface area is 91.5 Å². The van der Waals surface area contributed by atoms with Crippen LogP contribution in [0.4, 0.5) is 0 Å². The maximum atomic E-state index is 11.7. The predicted molar refractivity (Wildman–Crippen MR) is 57.6 cm³/mol. The zero-order chi connectivity index (χ0) is 11.5. The summed E-state index contributed by atoms with van der Waals surface area (Å²) in [5, 5.41) is 7.70. The van der Waals surface area contributed by atoms with Crippen molar-refractivity contribution in [3.8, 4) is 11.6 Å². The average Bonchev–Trinajstić information content (AvgIpc) is 2.81. The summed E-state index contributed by atoms with van der Waals surface area (Å²) in [5.41, 5.74) is 5.64. The van der Waals surface area contributed by atoms with Gasteiger partial charge in [-0.1, -0.05) is 6.92 Å². The van der Waals surface area contributed by atoms with E-state index in [1.165, 1.54) is 6.26 Å². The van der Waals surface area contributed by atoms with Crippen molar-refractivity contribution in [2.45, 2.75) is 19.4 Å². The van der Waals surface area contributed by atoms with E-state index in [1.807, 2.05) is 6.92 Å². The zero-order valence-corrected chi connectivity index (χ0v) is 8.80. The molecule has 2 heterocycles. The Bertz CT molecular complexity index is 518. The third-order valence-corrected chi connectivity index (χ3v) is 2.27. The summed E-state index contributed by atoms with van der Waals surface area (Å²) in [6, 6.07) is 3.02. The van der Waals surface area contributed by atoms with Crippen LogP contribution in [0.2, 0.25) is 0 Å². The van der Waals surface area contributed by atoms with Crippen LogP contribution in [0.1, 0.15) is 25.1 Å². The minimum Gasteiger partial charge on any atom is -0.461 e. The molecule has 16 heavy (non-hydrogen) atoms. The van der Waals surface area contributed by atoms with Crippen molar-refractivity contribution in [1.29, 1.82) is 0 Å². The van der Waals surface area contributed by atoms with Gasteiger partial charge in [-0.3, -0.25) is 4.79 Å². The fourth-order valence-corrected chi connectivity index (χ4v) is 1.31. The van der Waals surface area contributed by atoms with Crippen molar-refractivity contribution in [3.63, 3.8) is 0 Å². The van der Waals surface area contributed by atoms with Crippen molar-refractivity contribution < 1.29 is 4.42 Å². The lowest BCUT2D eigenvalue weighted by Crippen LogP contribution is -2.24. The second-order valence-corrected chi connectivity index (χ2v) is 3.38. The van der Waals surface area contributed by atoms with Gasteiger partial charge < -0.3 is 15.1 Å². The van der Waals surface area contributed by atoms with Gasteiger partial charge in [0.05, 0.1) is 12.3 Å². The molecule has 0 aromatic carbocycles. The molecule has 2 aromatic rings. The van der Waals surface area contributed by atoms with Crippen LogP contribution >= 0.6 is 0 Å². The SMILES string of the molecule is CCC(N)c1nnc(-c2ccco2)[nH]c1=O. The van der Waals surface area contributed by atoms with Crippen LogP contribution < -0.4 is 11.3 Å². The molecule has 0 spiro atoms. The number of nitrogens with one attached hydrogen (secondary N) is 1. The molecule has 3 N–H and O–H groups in total. The largest absolute Gasteiger partial charge is 0.461 e. The van der Waals surface area contributed by atoms with E-state index in [4.69, 9.17) is 10.2 Å². The van der Waals surface area contributed by atoms with Gasteiger partial charge in [-0.2, -0.15) is 0 Å². The Morgan fingerprint density at radius 3 is 2.94 bits per heavy atom. The molecular weight excluding hydrogens is 208 g/mol. The lowest BCUT2D eigenvalue weighted by atomic mass is 10.2. The topological polar surface area (TPSA) is 97.8 Å². The van der Waals surface area contributed by atoms with Crippen LogP contribution in [0.25, 0.3) is 11.6 Å². The minimum atomic E-state index is -0.387. The number of furan rings is 1. The van der Waals surface area contributed by atoms with E-state index in [0.717, 1.165) is 0 Å². The predicted octanol–water partition coefficient (Wildman–Crippen LogP) is 0.835. The molecule has 0 aliphatic carbocycles. The van der Waals surface area contributed by atoms with Crippen molar-refractivity contribution in [1.82, 2.24) is 15.2 Å². The summed E-state index contributed by atoms with van der Waals surface area (Å²) in [5.74, 6) is 0.781. The first kappa shape index (κ1) is 10.6. The van der Waals surface area contributed by atoms with E-state index in [1.54, 1.807) is 12.1 Å². The molecule has 2 aromatic heterocycles. The molecule has 6 nitrogen and oxygen atoms in total. The Morgan fingerprint density at radius 2 is 2.38 bits per heavy atom. The van der Waals surface area contributed by atoms with E-state index in [0.29, 0.717) is 18.0 Å². The summed E-state index contributed by atoms with van der Waals surface area (Å²) in [7, 11) is 0. The lowest BCUT2D eigenvalue weighted by molar-refractivity contribution is 0.571. The maximum Gasteiger partial charge on any atom is 0.274 e. The van der Waals surface area contributed by atoms with Crippen LogP contribution in [-0.4, -0.2) is 15.2 Å². The van der Waals surface area contributed by atoms with Crippen LogP contribution in [0, 0.1) is 0 Å². The standard InChI is InChI=1S/C10H12N4O2/c1-2-6(11)8-10(15)12-9(14-13-8)7-4-3-5-16-7/h3-6H,2,11H2,1H3,(H,12,14,15). The molecule has 1 atom stereocenters. The van der Waals surface area contributed by atoms with Crippen molar-refractivity contribution in [3.05, 3.63) is 34.4 Å². The second-order valence-electron chi connectivity index (χ2n) is 3.38. The van der Waals surface area contributed by atoms with Gasteiger partial charge >= 0.3 is 0 Å². The highest BCUT2D eigenvalue weighted by Crippen LogP contribution is 2.13.